The van der Waals surface area contributed by atoms with Crippen LogP contribution < -0.4 is 15.9 Å². The van der Waals surface area contributed by atoms with Gasteiger partial charge in [-0.25, -0.2) is 0 Å². The Morgan fingerprint density at radius 1 is 1.25 bits per heavy atom. The number of carboxylic acids is 2. The number of aliphatic carboxylic acids is 2. The van der Waals surface area contributed by atoms with Crippen LogP contribution in [-0.2, 0) is 9.59 Å². The van der Waals surface area contributed by atoms with Crippen molar-refractivity contribution in [3.8, 4) is 0 Å². The summed E-state index contributed by atoms with van der Waals surface area (Å²) in [5.41, 5.74) is 4.73. The topological polar surface area (TPSA) is 169 Å². The van der Waals surface area contributed by atoms with Crippen molar-refractivity contribution >= 4 is 35.0 Å². The summed E-state index contributed by atoms with van der Waals surface area (Å²) in [7, 11) is 0. The fourth-order valence-electron chi connectivity index (χ4n) is 0.263. The quantitative estimate of drug-likeness (QED) is 0.437. The van der Waals surface area contributed by atoms with Gasteiger partial charge in [0.2, 0.25) is 0 Å². The first kappa shape index (κ1) is 22.6. The van der Waals surface area contributed by atoms with Crippen molar-refractivity contribution in [3.63, 3.8) is 0 Å². The fraction of sp³-hybridized carbons (Fsp3) is 0.500. The second-order valence-electron chi connectivity index (χ2n) is 1.50. The molecule has 0 radical (unpaired) electrons. The zero-order chi connectivity index (χ0) is 7.44. The zero-order valence-corrected chi connectivity index (χ0v) is 7.62. The Labute approximate surface area is 84.3 Å². The van der Waals surface area contributed by atoms with E-state index in [2.05, 4.69) is 0 Å². The van der Waals surface area contributed by atoms with Crippen LogP contribution in [0.4, 0.5) is 0 Å². The first-order valence-corrected chi connectivity index (χ1v) is 2.20. The number of rotatable bonds is 3. The van der Waals surface area contributed by atoms with Crippen molar-refractivity contribution < 1.29 is 30.8 Å². The van der Waals surface area contributed by atoms with Crippen LogP contribution in [0.1, 0.15) is 6.42 Å². The third-order valence-corrected chi connectivity index (χ3v) is 0.689. The SMILES string of the molecule is NC(CC(=O)[O-])C(=O)[O-].O.O.[Mg+2]. The molecule has 0 saturated carbocycles. The van der Waals surface area contributed by atoms with Crippen molar-refractivity contribution in [2.75, 3.05) is 0 Å². The summed E-state index contributed by atoms with van der Waals surface area (Å²) >= 11 is 0. The van der Waals surface area contributed by atoms with Crippen molar-refractivity contribution in [2.24, 2.45) is 5.73 Å². The maximum atomic E-state index is 9.71. The van der Waals surface area contributed by atoms with E-state index in [1.54, 1.807) is 0 Å². The number of carbonyl (C=O) groups excluding carboxylic acids is 2. The normalized spacial score (nSPS) is 9.42. The number of nitrogens with two attached hydrogens (primary N) is 1. The van der Waals surface area contributed by atoms with Crippen LogP contribution in [0.3, 0.4) is 0 Å². The Kier molecular flexibility index (Phi) is 19.9. The Bertz CT molecular complexity index is 140. The summed E-state index contributed by atoms with van der Waals surface area (Å²) in [5.74, 6) is -3.08. The molecule has 0 aliphatic carbocycles. The van der Waals surface area contributed by atoms with Gasteiger partial charge in [0, 0.05) is 18.4 Å². The standard InChI is InChI=1S/C4H7NO4.Mg.2H2O/c5-2(4(8)9)1-3(6)7;;;/h2H,1,5H2,(H,6,7)(H,8,9);;2*1H2/q;+2;;/p-2. The van der Waals surface area contributed by atoms with E-state index >= 15 is 0 Å². The van der Waals surface area contributed by atoms with Crippen LogP contribution in [0, 0.1) is 0 Å². The summed E-state index contributed by atoms with van der Waals surface area (Å²) in [6.45, 7) is 0. The van der Waals surface area contributed by atoms with Gasteiger partial charge in [0.05, 0.1) is 5.97 Å². The van der Waals surface area contributed by atoms with Gasteiger partial charge < -0.3 is 36.5 Å². The second kappa shape index (κ2) is 10.6. The Morgan fingerprint density at radius 3 is 1.67 bits per heavy atom. The second-order valence-corrected chi connectivity index (χ2v) is 1.50. The van der Waals surface area contributed by atoms with Crippen molar-refractivity contribution in [2.45, 2.75) is 12.5 Å². The van der Waals surface area contributed by atoms with Crippen LogP contribution in [0.15, 0.2) is 0 Å². The fourth-order valence-corrected chi connectivity index (χ4v) is 0.263. The van der Waals surface area contributed by atoms with E-state index in [1.165, 1.54) is 0 Å². The predicted molar refractivity (Wildman–Crippen MR) is 35.6 cm³/mol. The molecular formula is C4H9MgNO6. The largest absolute Gasteiger partial charge is 2.00 e. The molecule has 1 atom stereocenters. The van der Waals surface area contributed by atoms with Gasteiger partial charge in [-0.2, -0.15) is 0 Å². The molecule has 0 amide bonds. The van der Waals surface area contributed by atoms with Crippen LogP contribution in [-0.4, -0.2) is 52.0 Å². The summed E-state index contributed by atoms with van der Waals surface area (Å²) in [6, 6.07) is -1.46. The van der Waals surface area contributed by atoms with E-state index in [1.807, 2.05) is 0 Å². The van der Waals surface area contributed by atoms with E-state index in [0.717, 1.165) is 0 Å². The molecule has 8 heteroatoms. The molecule has 6 N–H and O–H groups in total. The van der Waals surface area contributed by atoms with Crippen molar-refractivity contribution in [3.05, 3.63) is 0 Å². The van der Waals surface area contributed by atoms with Gasteiger partial charge in [-0.15, -0.1) is 0 Å². The monoisotopic (exact) mass is 191 g/mol. The van der Waals surface area contributed by atoms with Crippen LogP contribution in [0.25, 0.3) is 0 Å². The molecule has 0 heterocycles. The Hall–Kier alpha value is -0.414. The zero-order valence-electron chi connectivity index (χ0n) is 6.20. The molecule has 0 fully saturated rings. The molecule has 1 unspecified atom stereocenters. The van der Waals surface area contributed by atoms with E-state index in [0.29, 0.717) is 0 Å². The minimum atomic E-state index is -1.58. The van der Waals surface area contributed by atoms with Gasteiger partial charge in [0.15, 0.2) is 0 Å². The Balaban J connectivity index is -0.000000107. The molecule has 0 aliphatic heterocycles. The average Bonchev–Trinajstić information content (AvgIpc) is 1.63. The Morgan fingerprint density at radius 2 is 1.58 bits per heavy atom. The molecule has 0 spiro atoms. The number of hydrogen-bond donors (Lipinski definition) is 1. The molecule has 0 bridgehead atoms. The first-order valence-electron chi connectivity index (χ1n) is 2.20. The van der Waals surface area contributed by atoms with Gasteiger partial charge in [0.25, 0.3) is 0 Å². The maximum absolute atomic E-state index is 9.71. The molecule has 0 aliphatic rings. The third kappa shape index (κ3) is 12.3. The molecule has 0 aromatic rings. The molecule has 12 heavy (non-hydrogen) atoms. The number of carboxylic acid groups (broad SMARTS) is 2. The van der Waals surface area contributed by atoms with E-state index in [4.69, 9.17) is 5.73 Å². The number of carbonyl (C=O) groups is 2. The summed E-state index contributed by atoms with van der Waals surface area (Å²) in [6.07, 6.45) is -0.706. The average molecular weight is 191 g/mol. The van der Waals surface area contributed by atoms with Gasteiger partial charge in [-0.3, -0.25) is 0 Å². The minimum absolute atomic E-state index is 0. The smallest absolute Gasteiger partial charge is 0.550 e. The van der Waals surface area contributed by atoms with Crippen LogP contribution in [0.2, 0.25) is 0 Å². The summed E-state index contributed by atoms with van der Waals surface area (Å²) in [4.78, 5) is 19.3. The van der Waals surface area contributed by atoms with Gasteiger partial charge in [-0.1, -0.05) is 0 Å². The minimum Gasteiger partial charge on any atom is -0.550 e. The van der Waals surface area contributed by atoms with Gasteiger partial charge in [0.1, 0.15) is 0 Å². The van der Waals surface area contributed by atoms with Crippen molar-refractivity contribution in [1.82, 2.24) is 0 Å². The van der Waals surface area contributed by atoms with Crippen LogP contribution in [0.5, 0.6) is 0 Å². The predicted octanol–water partition coefficient (Wildman–Crippen LogP) is -5.83. The molecule has 7 nitrogen and oxygen atoms in total. The van der Waals surface area contributed by atoms with E-state index in [9.17, 15) is 19.8 Å². The third-order valence-electron chi connectivity index (χ3n) is 0.689. The first-order chi connectivity index (χ1) is 4.04. The molecule has 0 rings (SSSR count). The maximum Gasteiger partial charge on any atom is 2.00 e. The van der Waals surface area contributed by atoms with E-state index in [-0.39, 0.29) is 34.0 Å². The molecule has 68 valence electrons. The van der Waals surface area contributed by atoms with E-state index < -0.39 is 24.4 Å². The molecule has 0 aromatic heterocycles. The summed E-state index contributed by atoms with van der Waals surface area (Å²) in [5, 5.41) is 19.3. The van der Waals surface area contributed by atoms with Crippen LogP contribution >= 0.6 is 0 Å². The van der Waals surface area contributed by atoms with Gasteiger partial charge in [-0.05, 0) is 0 Å². The molecular weight excluding hydrogens is 182 g/mol. The number of hydrogen-bond acceptors (Lipinski definition) is 5. The molecule has 0 aromatic carbocycles. The summed E-state index contributed by atoms with van der Waals surface area (Å²) < 4.78 is 0. The molecule has 0 saturated heterocycles. The van der Waals surface area contributed by atoms with Gasteiger partial charge >= 0.3 is 23.1 Å². The van der Waals surface area contributed by atoms with Crippen molar-refractivity contribution in [1.29, 1.82) is 0 Å².